The molecule has 0 bridgehead atoms. The first-order chi connectivity index (χ1) is 11.5. The number of unbranched alkanes of at least 4 members (excludes halogenated alkanes) is 14. The minimum atomic E-state index is -2.86. The van der Waals surface area contributed by atoms with Crippen LogP contribution in [0.2, 0.25) is 0 Å². The molecule has 0 aromatic rings. The Labute approximate surface area is 178 Å². The van der Waals surface area contributed by atoms with Crippen LogP contribution in [0.4, 0.5) is 0 Å². The zero-order chi connectivity index (χ0) is 18.5. The van der Waals surface area contributed by atoms with Crippen LogP contribution in [-0.4, -0.2) is 15.6 Å². The summed E-state index contributed by atoms with van der Waals surface area (Å²) in [7, 11) is -2.86. The average molecular weight is 389 g/mol. The maximum Gasteiger partial charge on any atom is 1.00 e. The van der Waals surface area contributed by atoms with Gasteiger partial charge in [0.2, 0.25) is 0 Å². The van der Waals surface area contributed by atoms with Gasteiger partial charge in [0.05, 0.1) is 0 Å². The van der Waals surface area contributed by atoms with Gasteiger partial charge in [-0.05, 0) is 6.42 Å². The van der Waals surface area contributed by atoms with Crippen molar-refractivity contribution in [1.82, 2.24) is 0 Å². The van der Waals surface area contributed by atoms with Gasteiger partial charge in [-0.25, -0.2) is 0 Å². The van der Waals surface area contributed by atoms with Gasteiger partial charge in [-0.15, -0.1) is 0 Å². The largest absolute Gasteiger partial charge is 1.00 e. The van der Waals surface area contributed by atoms with E-state index in [9.17, 15) is 4.79 Å². The normalized spacial score (nSPS) is 10.0. The molecule has 0 saturated carbocycles. The van der Waals surface area contributed by atoms with E-state index in [0.29, 0.717) is 6.42 Å². The van der Waals surface area contributed by atoms with Crippen molar-refractivity contribution in [3.63, 3.8) is 0 Å². The van der Waals surface area contributed by atoms with Crippen LogP contribution in [-0.2, 0) is 24.2 Å². The molecule has 0 saturated heterocycles. The molecule has 25 heavy (non-hydrogen) atoms. The maximum absolute atomic E-state index is 10.3. The van der Waals surface area contributed by atoms with Gasteiger partial charge in [-0.1, -0.05) is 96.8 Å². The summed E-state index contributed by atoms with van der Waals surface area (Å²) in [5.74, 6) is -0.653. The second-order valence-corrected chi connectivity index (χ2v) is 6.74. The first kappa shape index (κ1) is 30.1. The molecule has 0 unspecified atom stereocenters. The van der Waals surface area contributed by atoms with E-state index in [4.69, 9.17) is 18.1 Å². The number of hydrogen-bond donors (Lipinski definition) is 2. The number of carboxylic acid groups (broad SMARTS) is 1. The van der Waals surface area contributed by atoms with E-state index >= 15 is 0 Å². The van der Waals surface area contributed by atoms with Crippen molar-refractivity contribution in [3.05, 3.63) is 0 Å². The minimum Gasteiger partial charge on any atom is -0.481 e. The third-order valence-electron chi connectivity index (χ3n) is 3.99. The molecule has 0 radical (unpaired) electrons. The van der Waals surface area contributed by atoms with Crippen molar-refractivity contribution in [2.45, 2.75) is 110 Å². The van der Waals surface area contributed by atoms with Crippen LogP contribution < -0.4 is 29.6 Å². The van der Waals surface area contributed by atoms with E-state index in [0.717, 1.165) is 12.8 Å². The van der Waals surface area contributed by atoms with E-state index in [-0.39, 0.29) is 29.6 Å². The molecule has 0 spiro atoms. The summed E-state index contributed by atoms with van der Waals surface area (Å²) in [5.41, 5.74) is 0. The Bertz CT molecular complexity index is 327. The van der Waals surface area contributed by atoms with E-state index in [1.54, 1.807) is 0 Å². The molecule has 0 aromatic carbocycles. The van der Waals surface area contributed by atoms with Crippen LogP contribution in [0, 0.1) is 0 Å². The van der Waals surface area contributed by atoms with Crippen LogP contribution in [0.15, 0.2) is 0 Å². The summed E-state index contributed by atoms with van der Waals surface area (Å²) >= 11 is 0. The first-order valence-corrected chi connectivity index (χ1v) is 10.5. The van der Waals surface area contributed by atoms with Gasteiger partial charge in [-0.3, -0.25) is 4.79 Å². The van der Waals surface area contributed by atoms with Crippen LogP contribution in [0.1, 0.15) is 110 Å². The van der Waals surface area contributed by atoms with Gasteiger partial charge in [0.15, 0.2) is 0 Å². The quantitative estimate of drug-likeness (QED) is 0.139. The number of carbonyl (C=O) groups is 1. The summed E-state index contributed by atoms with van der Waals surface area (Å²) in [5, 5.41) is 8.52. The monoisotopic (exact) mass is 388 g/mol. The Morgan fingerprint density at radius 3 is 1.16 bits per heavy atom. The molecule has 0 aliphatic heterocycles. The summed E-state index contributed by atoms with van der Waals surface area (Å²) in [6.07, 6.45) is 20.2. The number of hydrogen-bond acceptors (Lipinski definition) is 4. The summed E-state index contributed by atoms with van der Waals surface area (Å²) in [6.45, 7) is 2.27. The second kappa shape index (κ2) is 26.6. The first-order valence-electron chi connectivity index (χ1n) is 9.50. The fourth-order valence-corrected chi connectivity index (χ4v) is 2.65. The van der Waals surface area contributed by atoms with Crippen molar-refractivity contribution >= 4 is 17.0 Å². The van der Waals surface area contributed by atoms with E-state index in [1.165, 1.54) is 83.5 Å². The van der Waals surface area contributed by atoms with Crippen molar-refractivity contribution < 1.29 is 52.4 Å². The third-order valence-corrected chi connectivity index (χ3v) is 3.99. The molecule has 2 N–H and O–H groups in total. The topological polar surface area (TPSA) is 91.7 Å². The minimum absolute atomic E-state index is 0. The van der Waals surface area contributed by atoms with Crippen LogP contribution in [0.3, 0.4) is 0 Å². The molecule has 0 atom stereocenters. The Morgan fingerprint density at radius 2 is 0.920 bits per heavy atom. The molecule has 0 amide bonds. The van der Waals surface area contributed by atoms with Crippen molar-refractivity contribution in [3.8, 4) is 0 Å². The van der Waals surface area contributed by atoms with Gasteiger partial charge >= 0.3 is 35.5 Å². The van der Waals surface area contributed by atoms with Crippen LogP contribution >= 0.6 is 0 Å². The number of carboxylic acids is 1. The van der Waals surface area contributed by atoms with Gasteiger partial charge in [0.1, 0.15) is 0 Å². The summed E-state index contributed by atoms with van der Waals surface area (Å²) < 4.78 is 24.1. The van der Waals surface area contributed by atoms with Gasteiger partial charge < -0.3 is 18.1 Å². The van der Waals surface area contributed by atoms with Gasteiger partial charge in [0, 0.05) is 17.4 Å². The SMILES string of the molecule is CCCCCCCCCCCCCCCCCC(=O)O.O=[S-](=O)O.[Na+]. The van der Waals surface area contributed by atoms with Crippen molar-refractivity contribution in [1.29, 1.82) is 0 Å². The average Bonchev–Trinajstić information content (AvgIpc) is 2.50. The third kappa shape index (κ3) is 40.4. The summed E-state index contributed by atoms with van der Waals surface area (Å²) in [6, 6.07) is 0. The van der Waals surface area contributed by atoms with Gasteiger partial charge in [0.25, 0.3) is 0 Å². The number of aliphatic carboxylic acids is 1. The summed E-state index contributed by atoms with van der Waals surface area (Å²) in [4.78, 5) is 10.3. The van der Waals surface area contributed by atoms with Crippen LogP contribution in [0.25, 0.3) is 0 Å². The second-order valence-electron chi connectivity index (χ2n) is 6.31. The zero-order valence-corrected chi connectivity index (χ0v) is 19.2. The molecule has 7 heteroatoms. The molecule has 146 valence electrons. The molecule has 0 fully saturated rings. The molecule has 0 aliphatic carbocycles. The molecule has 5 nitrogen and oxygen atoms in total. The Kier molecular flexibility index (Phi) is 32.1. The van der Waals surface area contributed by atoms with E-state index in [1.807, 2.05) is 0 Å². The van der Waals surface area contributed by atoms with Crippen molar-refractivity contribution in [2.24, 2.45) is 0 Å². The fraction of sp³-hybridized carbons (Fsp3) is 0.944. The predicted octanol–water partition coefficient (Wildman–Crippen LogP) is 3.11. The molecule has 0 aliphatic rings. The van der Waals surface area contributed by atoms with Gasteiger partial charge in [-0.2, -0.15) is 0 Å². The smallest absolute Gasteiger partial charge is 0.481 e. The predicted molar refractivity (Wildman–Crippen MR) is 98.5 cm³/mol. The standard InChI is InChI=1S/C18H36O2.Na.HO3S/c1-2-3-4-5-6-7-8-9-10-11-12-13-14-15-16-17-18(19)20;;1-4(2)3/h2-17H2,1H3,(H,19,20);;(H,1,2,3)/q;+1;-1. The molecule has 0 rings (SSSR count). The maximum atomic E-state index is 10.3. The van der Waals surface area contributed by atoms with Crippen molar-refractivity contribution in [2.75, 3.05) is 0 Å². The molecular weight excluding hydrogens is 351 g/mol. The number of rotatable bonds is 16. The Hall–Kier alpha value is 0.380. The van der Waals surface area contributed by atoms with Crippen LogP contribution in [0.5, 0.6) is 0 Å². The molecular formula is C18H37NaO5S. The fourth-order valence-electron chi connectivity index (χ4n) is 2.65. The molecule has 0 heterocycles. The van der Waals surface area contributed by atoms with E-state index < -0.39 is 17.0 Å². The molecule has 0 aromatic heterocycles. The zero-order valence-electron chi connectivity index (χ0n) is 16.3. The Balaban J connectivity index is -0.000000867. The Morgan fingerprint density at radius 1 is 0.680 bits per heavy atom. The van der Waals surface area contributed by atoms with E-state index in [2.05, 4.69) is 6.92 Å².